The molecule has 0 fully saturated rings. The Hall–Kier alpha value is -1.09. The molecule has 0 bridgehead atoms. The lowest BCUT2D eigenvalue weighted by molar-refractivity contribution is 0.597. The quantitative estimate of drug-likeness (QED) is 0.827. The van der Waals surface area contributed by atoms with Gasteiger partial charge in [0, 0.05) is 20.1 Å². The second-order valence-corrected chi connectivity index (χ2v) is 4.59. The molecular weight excluding hydrogens is 203 g/mol. The number of nitrogens with one attached hydrogen (secondary N) is 1. The van der Waals surface area contributed by atoms with Gasteiger partial charge in [-0.3, -0.25) is 0 Å². The second-order valence-electron chi connectivity index (χ2n) is 4.59. The average molecular weight is 224 g/mol. The number of hydrogen-bond acceptors (Lipinski definition) is 2. The molecule has 0 aliphatic carbocycles. The van der Waals surface area contributed by atoms with Crippen molar-refractivity contribution >= 4 is 5.69 Å². The predicted molar refractivity (Wildman–Crippen MR) is 67.3 cm³/mol. The van der Waals surface area contributed by atoms with Crippen LogP contribution in [0.4, 0.5) is 10.1 Å². The standard InChI is InChI=1S/C13H21FN2/c1-10(2)9-16(4)13-6-5-11(8-15-3)7-12(13)14/h5-7,10,15H,8-9H2,1-4H3. The molecule has 0 aliphatic rings. The Labute approximate surface area is 97.5 Å². The minimum Gasteiger partial charge on any atom is -0.372 e. The third kappa shape index (κ3) is 3.49. The van der Waals surface area contributed by atoms with Crippen LogP contribution in [-0.2, 0) is 6.54 Å². The summed E-state index contributed by atoms with van der Waals surface area (Å²) in [5, 5.41) is 3.01. The summed E-state index contributed by atoms with van der Waals surface area (Å²) in [6.45, 7) is 5.82. The van der Waals surface area contributed by atoms with E-state index in [9.17, 15) is 4.39 Å². The summed E-state index contributed by atoms with van der Waals surface area (Å²) in [6, 6.07) is 5.42. The molecule has 1 aromatic carbocycles. The first-order valence-electron chi connectivity index (χ1n) is 5.68. The number of benzene rings is 1. The van der Waals surface area contributed by atoms with E-state index in [1.807, 2.05) is 31.1 Å². The summed E-state index contributed by atoms with van der Waals surface area (Å²) in [5.41, 5.74) is 1.65. The van der Waals surface area contributed by atoms with Crippen LogP contribution in [0, 0.1) is 11.7 Å². The zero-order valence-corrected chi connectivity index (χ0v) is 10.5. The fourth-order valence-electron chi connectivity index (χ4n) is 1.82. The maximum absolute atomic E-state index is 13.8. The van der Waals surface area contributed by atoms with Crippen molar-refractivity contribution in [1.29, 1.82) is 0 Å². The van der Waals surface area contributed by atoms with Gasteiger partial charge in [-0.25, -0.2) is 4.39 Å². The Bertz CT molecular complexity index is 337. The average Bonchev–Trinajstić information content (AvgIpc) is 2.16. The molecule has 2 nitrogen and oxygen atoms in total. The van der Waals surface area contributed by atoms with E-state index in [-0.39, 0.29) is 5.82 Å². The Balaban J connectivity index is 2.81. The van der Waals surface area contributed by atoms with Gasteiger partial charge in [-0.1, -0.05) is 19.9 Å². The minimum atomic E-state index is -0.143. The molecule has 0 aromatic heterocycles. The van der Waals surface area contributed by atoms with Crippen molar-refractivity contribution in [2.45, 2.75) is 20.4 Å². The molecule has 0 spiro atoms. The van der Waals surface area contributed by atoms with Crippen LogP contribution in [0.3, 0.4) is 0 Å². The van der Waals surface area contributed by atoms with E-state index < -0.39 is 0 Å². The highest BCUT2D eigenvalue weighted by Crippen LogP contribution is 2.20. The highest BCUT2D eigenvalue weighted by molar-refractivity contribution is 5.48. The lowest BCUT2D eigenvalue weighted by Crippen LogP contribution is -2.23. The molecule has 16 heavy (non-hydrogen) atoms. The summed E-state index contributed by atoms with van der Waals surface area (Å²) >= 11 is 0. The van der Waals surface area contributed by atoms with Gasteiger partial charge in [0.05, 0.1) is 5.69 Å². The van der Waals surface area contributed by atoms with Crippen molar-refractivity contribution in [2.75, 3.05) is 25.5 Å². The fourth-order valence-corrected chi connectivity index (χ4v) is 1.82. The van der Waals surface area contributed by atoms with Gasteiger partial charge in [-0.05, 0) is 30.7 Å². The maximum Gasteiger partial charge on any atom is 0.146 e. The summed E-state index contributed by atoms with van der Waals surface area (Å²) < 4.78 is 13.8. The van der Waals surface area contributed by atoms with Gasteiger partial charge in [0.25, 0.3) is 0 Å². The number of halogens is 1. The largest absolute Gasteiger partial charge is 0.372 e. The van der Waals surface area contributed by atoms with Crippen LogP contribution < -0.4 is 10.2 Å². The van der Waals surface area contributed by atoms with E-state index in [1.54, 1.807) is 6.07 Å². The molecule has 3 heteroatoms. The molecule has 0 atom stereocenters. The van der Waals surface area contributed by atoms with Gasteiger partial charge in [-0.15, -0.1) is 0 Å². The zero-order valence-electron chi connectivity index (χ0n) is 10.5. The Morgan fingerprint density at radius 1 is 1.38 bits per heavy atom. The number of hydrogen-bond donors (Lipinski definition) is 1. The molecule has 0 radical (unpaired) electrons. The molecule has 0 saturated carbocycles. The Kier molecular flexibility index (Phi) is 4.74. The fraction of sp³-hybridized carbons (Fsp3) is 0.538. The van der Waals surface area contributed by atoms with Crippen molar-refractivity contribution in [3.63, 3.8) is 0 Å². The first kappa shape index (κ1) is 13.0. The molecule has 0 heterocycles. The lowest BCUT2D eigenvalue weighted by atomic mass is 10.1. The highest BCUT2D eigenvalue weighted by atomic mass is 19.1. The van der Waals surface area contributed by atoms with Crippen LogP contribution in [0.1, 0.15) is 19.4 Å². The highest BCUT2D eigenvalue weighted by Gasteiger charge is 2.09. The summed E-state index contributed by atoms with van der Waals surface area (Å²) in [4.78, 5) is 1.96. The molecule has 1 rings (SSSR count). The van der Waals surface area contributed by atoms with E-state index in [0.29, 0.717) is 18.2 Å². The van der Waals surface area contributed by atoms with Crippen LogP contribution in [-0.4, -0.2) is 20.6 Å². The van der Waals surface area contributed by atoms with E-state index in [2.05, 4.69) is 19.2 Å². The summed E-state index contributed by atoms with van der Waals surface area (Å²) in [7, 11) is 3.78. The van der Waals surface area contributed by atoms with Crippen LogP contribution >= 0.6 is 0 Å². The van der Waals surface area contributed by atoms with Gasteiger partial charge in [0.1, 0.15) is 5.82 Å². The first-order chi connectivity index (χ1) is 7.54. The second kappa shape index (κ2) is 5.85. The van der Waals surface area contributed by atoms with E-state index in [1.165, 1.54) is 0 Å². The zero-order chi connectivity index (χ0) is 12.1. The van der Waals surface area contributed by atoms with Crippen molar-refractivity contribution in [3.05, 3.63) is 29.6 Å². The number of nitrogens with zero attached hydrogens (tertiary/aromatic N) is 1. The van der Waals surface area contributed by atoms with Crippen LogP contribution in [0.25, 0.3) is 0 Å². The van der Waals surface area contributed by atoms with Gasteiger partial charge < -0.3 is 10.2 Å². The Morgan fingerprint density at radius 3 is 2.56 bits per heavy atom. The predicted octanol–water partition coefficient (Wildman–Crippen LogP) is 2.64. The molecule has 0 aliphatic heterocycles. The third-order valence-corrected chi connectivity index (χ3v) is 2.44. The van der Waals surface area contributed by atoms with Crippen molar-refractivity contribution < 1.29 is 4.39 Å². The van der Waals surface area contributed by atoms with Crippen molar-refractivity contribution in [1.82, 2.24) is 5.32 Å². The van der Waals surface area contributed by atoms with Gasteiger partial charge in [0.2, 0.25) is 0 Å². The van der Waals surface area contributed by atoms with Crippen molar-refractivity contribution in [2.24, 2.45) is 5.92 Å². The molecule has 1 N–H and O–H groups in total. The van der Waals surface area contributed by atoms with Gasteiger partial charge in [0.15, 0.2) is 0 Å². The lowest BCUT2D eigenvalue weighted by Gasteiger charge is -2.22. The molecule has 0 saturated heterocycles. The SMILES string of the molecule is CNCc1ccc(N(C)CC(C)C)c(F)c1. The normalized spacial score (nSPS) is 10.9. The van der Waals surface area contributed by atoms with Gasteiger partial charge in [-0.2, -0.15) is 0 Å². The number of rotatable bonds is 5. The summed E-state index contributed by atoms with van der Waals surface area (Å²) in [5.74, 6) is 0.386. The van der Waals surface area contributed by atoms with E-state index in [4.69, 9.17) is 0 Å². The molecule has 1 aromatic rings. The molecule has 0 amide bonds. The summed E-state index contributed by atoms with van der Waals surface area (Å²) in [6.07, 6.45) is 0. The van der Waals surface area contributed by atoms with E-state index >= 15 is 0 Å². The smallest absolute Gasteiger partial charge is 0.146 e. The van der Waals surface area contributed by atoms with Crippen molar-refractivity contribution in [3.8, 4) is 0 Å². The van der Waals surface area contributed by atoms with Crippen LogP contribution in [0.5, 0.6) is 0 Å². The number of anilines is 1. The molecular formula is C13H21FN2. The van der Waals surface area contributed by atoms with Gasteiger partial charge >= 0.3 is 0 Å². The third-order valence-electron chi connectivity index (χ3n) is 2.44. The van der Waals surface area contributed by atoms with Crippen LogP contribution in [0.15, 0.2) is 18.2 Å². The molecule has 0 unspecified atom stereocenters. The topological polar surface area (TPSA) is 15.3 Å². The first-order valence-corrected chi connectivity index (χ1v) is 5.68. The monoisotopic (exact) mass is 224 g/mol. The van der Waals surface area contributed by atoms with E-state index in [0.717, 1.165) is 12.1 Å². The maximum atomic E-state index is 13.8. The molecule has 90 valence electrons. The van der Waals surface area contributed by atoms with Crippen LogP contribution in [0.2, 0.25) is 0 Å². The Morgan fingerprint density at radius 2 is 2.06 bits per heavy atom. The minimum absolute atomic E-state index is 0.143.